The summed E-state index contributed by atoms with van der Waals surface area (Å²) >= 11 is 7.51. The zero-order chi connectivity index (χ0) is 13.1. The maximum absolute atomic E-state index is 5.81. The van der Waals surface area contributed by atoms with Crippen LogP contribution in [0.15, 0.2) is 17.5 Å². The first-order valence-electron chi connectivity index (χ1n) is 5.52. The molecule has 7 heteroatoms. The Balaban J connectivity index is 2.29. The number of halogens is 1. The van der Waals surface area contributed by atoms with Gasteiger partial charge >= 0.3 is 0 Å². The van der Waals surface area contributed by atoms with Gasteiger partial charge in [-0.05, 0) is 36.9 Å². The van der Waals surface area contributed by atoms with Crippen molar-refractivity contribution in [3.63, 3.8) is 0 Å². The first-order valence-corrected chi connectivity index (χ1v) is 6.78. The van der Waals surface area contributed by atoms with E-state index in [2.05, 4.69) is 34.9 Å². The Kier molecular flexibility index (Phi) is 3.98. The van der Waals surface area contributed by atoms with Gasteiger partial charge in [0.15, 0.2) is 0 Å². The monoisotopic (exact) mass is 283 g/mol. The molecule has 0 atom stereocenters. The van der Waals surface area contributed by atoms with Gasteiger partial charge in [-0.3, -0.25) is 0 Å². The summed E-state index contributed by atoms with van der Waals surface area (Å²) in [6.07, 6.45) is 0. The van der Waals surface area contributed by atoms with Crippen LogP contribution >= 0.6 is 22.9 Å². The Morgan fingerprint density at radius 1 is 1.39 bits per heavy atom. The zero-order valence-corrected chi connectivity index (χ0v) is 11.7. The molecule has 2 aromatic rings. The number of thiophene rings is 1. The highest BCUT2D eigenvalue weighted by molar-refractivity contribution is 7.09. The van der Waals surface area contributed by atoms with E-state index in [-0.39, 0.29) is 17.3 Å². The van der Waals surface area contributed by atoms with Crippen molar-refractivity contribution in [2.75, 3.05) is 10.6 Å². The van der Waals surface area contributed by atoms with Crippen LogP contribution in [0.5, 0.6) is 0 Å². The second-order valence-electron chi connectivity index (χ2n) is 4.06. The van der Waals surface area contributed by atoms with E-state index in [1.807, 2.05) is 16.3 Å². The first kappa shape index (κ1) is 13.0. The molecule has 0 amide bonds. The largest absolute Gasteiger partial charge is 0.368 e. The lowest BCUT2D eigenvalue weighted by Gasteiger charge is -2.26. The highest BCUT2D eigenvalue weighted by Crippen LogP contribution is 2.20. The normalized spacial score (nSPS) is 10.9. The third-order valence-electron chi connectivity index (χ3n) is 2.40. The molecule has 18 heavy (non-hydrogen) atoms. The van der Waals surface area contributed by atoms with Crippen LogP contribution in [0, 0.1) is 0 Å². The molecule has 0 bridgehead atoms. The summed E-state index contributed by atoms with van der Waals surface area (Å²) in [4.78, 5) is 15.3. The minimum Gasteiger partial charge on any atom is -0.368 e. The minimum atomic E-state index is 0.120. The molecule has 2 rings (SSSR count). The van der Waals surface area contributed by atoms with Crippen molar-refractivity contribution in [1.29, 1.82) is 0 Å². The third-order valence-corrected chi connectivity index (χ3v) is 3.43. The maximum atomic E-state index is 5.81. The quantitative estimate of drug-likeness (QED) is 0.934. The lowest BCUT2D eigenvalue weighted by atomic mass is 10.3. The zero-order valence-electron chi connectivity index (χ0n) is 10.2. The Bertz CT molecular complexity index is 494. The molecule has 2 N–H and O–H groups in total. The molecule has 0 aliphatic rings. The predicted octanol–water partition coefficient (Wildman–Crippen LogP) is 2.58. The van der Waals surface area contributed by atoms with Crippen molar-refractivity contribution < 1.29 is 0 Å². The minimum absolute atomic E-state index is 0.120. The molecule has 2 aromatic heterocycles. The average Bonchev–Trinajstić information content (AvgIpc) is 2.76. The number of hydrogen-bond acceptors (Lipinski definition) is 6. The van der Waals surface area contributed by atoms with E-state index in [0.29, 0.717) is 5.95 Å². The van der Waals surface area contributed by atoms with Crippen LogP contribution in [-0.4, -0.2) is 21.0 Å². The van der Waals surface area contributed by atoms with E-state index in [1.54, 1.807) is 11.3 Å². The molecule has 0 aliphatic carbocycles. The SMILES string of the molecule is CC(C)N(Cc1cccs1)c1nc(N)nc(Cl)n1. The Morgan fingerprint density at radius 2 is 2.17 bits per heavy atom. The molecule has 0 aromatic carbocycles. The van der Waals surface area contributed by atoms with E-state index in [1.165, 1.54) is 4.88 Å². The number of rotatable bonds is 4. The van der Waals surface area contributed by atoms with Crippen LogP contribution in [0.1, 0.15) is 18.7 Å². The molecule has 5 nitrogen and oxygen atoms in total. The fraction of sp³-hybridized carbons (Fsp3) is 0.364. The summed E-state index contributed by atoms with van der Waals surface area (Å²) in [5.41, 5.74) is 5.60. The summed E-state index contributed by atoms with van der Waals surface area (Å²) in [6, 6.07) is 4.34. The number of anilines is 2. The molecule has 0 saturated heterocycles. The van der Waals surface area contributed by atoms with Gasteiger partial charge in [-0.1, -0.05) is 6.07 Å². The number of nitrogens with two attached hydrogens (primary N) is 1. The highest BCUT2D eigenvalue weighted by atomic mass is 35.5. The van der Waals surface area contributed by atoms with Gasteiger partial charge in [-0.25, -0.2) is 0 Å². The van der Waals surface area contributed by atoms with Crippen molar-refractivity contribution in [3.8, 4) is 0 Å². The lowest BCUT2D eigenvalue weighted by molar-refractivity contribution is 0.663. The summed E-state index contributed by atoms with van der Waals surface area (Å²) in [5.74, 6) is 0.651. The third kappa shape index (κ3) is 3.08. The van der Waals surface area contributed by atoms with Gasteiger partial charge in [0.25, 0.3) is 0 Å². The van der Waals surface area contributed by atoms with Crippen LogP contribution < -0.4 is 10.6 Å². The molecule has 2 heterocycles. The van der Waals surface area contributed by atoms with Gasteiger partial charge in [0.2, 0.25) is 17.2 Å². The van der Waals surface area contributed by atoms with Gasteiger partial charge in [0, 0.05) is 10.9 Å². The summed E-state index contributed by atoms with van der Waals surface area (Å²) < 4.78 is 0. The molecule has 0 saturated carbocycles. The predicted molar refractivity (Wildman–Crippen MR) is 74.9 cm³/mol. The summed E-state index contributed by atoms with van der Waals surface area (Å²) in [7, 11) is 0. The second-order valence-corrected chi connectivity index (χ2v) is 5.43. The smallest absolute Gasteiger partial charge is 0.232 e. The Labute approximate surface area is 115 Å². The highest BCUT2D eigenvalue weighted by Gasteiger charge is 2.16. The molecule has 0 aliphatic heterocycles. The average molecular weight is 284 g/mol. The Morgan fingerprint density at radius 3 is 2.72 bits per heavy atom. The number of hydrogen-bond donors (Lipinski definition) is 1. The molecular weight excluding hydrogens is 270 g/mol. The van der Waals surface area contributed by atoms with Crippen LogP contribution in [0.4, 0.5) is 11.9 Å². The number of nitrogens with zero attached hydrogens (tertiary/aromatic N) is 4. The fourth-order valence-corrected chi connectivity index (χ4v) is 2.40. The standard InChI is InChI=1S/C11H14ClN5S/c1-7(2)17(6-8-4-3-5-18-8)11-15-9(12)14-10(13)16-11/h3-5,7H,6H2,1-2H3,(H2,13,14,15,16). The van der Waals surface area contributed by atoms with Crippen LogP contribution in [0.2, 0.25) is 5.28 Å². The fourth-order valence-electron chi connectivity index (χ4n) is 1.54. The van der Waals surface area contributed by atoms with Crippen LogP contribution in [-0.2, 0) is 6.54 Å². The molecule has 0 unspecified atom stereocenters. The van der Waals surface area contributed by atoms with E-state index in [9.17, 15) is 0 Å². The van der Waals surface area contributed by atoms with Crippen molar-refractivity contribution >= 4 is 34.8 Å². The Hall–Kier alpha value is -1.40. The van der Waals surface area contributed by atoms with E-state index >= 15 is 0 Å². The van der Waals surface area contributed by atoms with Crippen LogP contribution in [0.3, 0.4) is 0 Å². The van der Waals surface area contributed by atoms with Gasteiger partial charge in [0.05, 0.1) is 6.54 Å². The van der Waals surface area contributed by atoms with Gasteiger partial charge < -0.3 is 10.6 Å². The number of nitrogen functional groups attached to an aromatic ring is 1. The second kappa shape index (κ2) is 5.49. The van der Waals surface area contributed by atoms with Gasteiger partial charge in [-0.2, -0.15) is 15.0 Å². The van der Waals surface area contributed by atoms with Crippen molar-refractivity contribution in [2.45, 2.75) is 26.4 Å². The topological polar surface area (TPSA) is 67.9 Å². The van der Waals surface area contributed by atoms with E-state index in [4.69, 9.17) is 17.3 Å². The molecule has 0 spiro atoms. The molecular formula is C11H14ClN5S. The van der Waals surface area contributed by atoms with Gasteiger partial charge in [-0.15, -0.1) is 11.3 Å². The lowest BCUT2D eigenvalue weighted by Crippen LogP contribution is -2.31. The molecule has 0 radical (unpaired) electrons. The maximum Gasteiger partial charge on any atom is 0.232 e. The van der Waals surface area contributed by atoms with Crippen LogP contribution in [0.25, 0.3) is 0 Å². The molecule has 0 fully saturated rings. The summed E-state index contributed by atoms with van der Waals surface area (Å²) in [6.45, 7) is 4.87. The van der Waals surface area contributed by atoms with E-state index in [0.717, 1.165) is 6.54 Å². The number of aromatic nitrogens is 3. The molecule has 96 valence electrons. The summed E-state index contributed by atoms with van der Waals surface area (Å²) in [5, 5.41) is 2.16. The van der Waals surface area contributed by atoms with Gasteiger partial charge in [0.1, 0.15) is 0 Å². The van der Waals surface area contributed by atoms with Crippen molar-refractivity contribution in [1.82, 2.24) is 15.0 Å². The van der Waals surface area contributed by atoms with Crippen molar-refractivity contribution in [3.05, 3.63) is 27.7 Å². The van der Waals surface area contributed by atoms with Crippen molar-refractivity contribution in [2.24, 2.45) is 0 Å². The first-order chi connectivity index (χ1) is 8.56. The van der Waals surface area contributed by atoms with E-state index < -0.39 is 0 Å².